The molecule has 2 rings (SSSR count). The molecule has 1 unspecified atom stereocenters. The highest BCUT2D eigenvalue weighted by atomic mass is 79.9. The van der Waals surface area contributed by atoms with Gasteiger partial charge in [-0.05, 0) is 74.2 Å². The third kappa shape index (κ3) is 4.05. The molecule has 1 atom stereocenters. The third-order valence-corrected chi connectivity index (χ3v) is 5.26. The van der Waals surface area contributed by atoms with Gasteiger partial charge in [0.2, 0.25) is 0 Å². The van der Waals surface area contributed by atoms with Crippen molar-refractivity contribution >= 4 is 15.9 Å². The number of halogens is 2. The van der Waals surface area contributed by atoms with Crippen molar-refractivity contribution in [1.29, 1.82) is 0 Å². The minimum Gasteiger partial charge on any atom is -0.316 e. The lowest BCUT2D eigenvalue weighted by atomic mass is 9.70. The normalized spacial score (nSPS) is 20.9. The zero-order valence-corrected chi connectivity index (χ0v) is 14.3. The van der Waals surface area contributed by atoms with Crippen LogP contribution in [-0.2, 0) is 6.42 Å². The number of hydrogen-bond acceptors (Lipinski definition) is 1. The van der Waals surface area contributed by atoms with Crippen LogP contribution in [0.15, 0.2) is 22.7 Å². The quantitative estimate of drug-likeness (QED) is 0.818. The number of nitrogens with one attached hydrogen (secondary N) is 1. The van der Waals surface area contributed by atoms with Gasteiger partial charge < -0.3 is 5.32 Å². The Kier molecular flexibility index (Phi) is 5.25. The van der Waals surface area contributed by atoms with E-state index in [1.54, 1.807) is 12.1 Å². The van der Waals surface area contributed by atoms with Crippen LogP contribution in [0.4, 0.5) is 4.39 Å². The second kappa shape index (κ2) is 6.57. The summed E-state index contributed by atoms with van der Waals surface area (Å²) in [5, 5.41) is 3.41. The van der Waals surface area contributed by atoms with Crippen molar-refractivity contribution in [1.82, 2.24) is 5.32 Å². The van der Waals surface area contributed by atoms with E-state index in [2.05, 4.69) is 35.1 Å². The molecule has 1 aliphatic rings. The van der Waals surface area contributed by atoms with E-state index in [9.17, 15) is 4.39 Å². The highest BCUT2D eigenvalue weighted by molar-refractivity contribution is 9.10. The van der Waals surface area contributed by atoms with Gasteiger partial charge in [-0.15, -0.1) is 0 Å². The average Bonchev–Trinajstić information content (AvgIpc) is 2.40. The first-order valence-electron chi connectivity index (χ1n) is 7.52. The van der Waals surface area contributed by atoms with Crippen molar-refractivity contribution in [2.75, 3.05) is 7.05 Å². The van der Waals surface area contributed by atoms with Crippen molar-refractivity contribution in [2.24, 2.45) is 11.3 Å². The van der Waals surface area contributed by atoms with Crippen LogP contribution >= 0.6 is 15.9 Å². The monoisotopic (exact) mass is 341 g/mol. The van der Waals surface area contributed by atoms with E-state index in [1.807, 2.05) is 13.1 Å². The first kappa shape index (κ1) is 16.0. The first-order chi connectivity index (χ1) is 9.41. The van der Waals surface area contributed by atoms with Gasteiger partial charge in [0.15, 0.2) is 0 Å². The first-order valence-corrected chi connectivity index (χ1v) is 8.32. The van der Waals surface area contributed by atoms with Crippen molar-refractivity contribution in [2.45, 2.75) is 52.0 Å². The van der Waals surface area contributed by atoms with Crippen LogP contribution in [-0.4, -0.2) is 13.1 Å². The lowest BCUT2D eigenvalue weighted by Gasteiger charge is -2.38. The highest BCUT2D eigenvalue weighted by Gasteiger charge is 2.31. The van der Waals surface area contributed by atoms with Crippen LogP contribution in [0.3, 0.4) is 0 Å². The van der Waals surface area contributed by atoms with Crippen LogP contribution in [0, 0.1) is 17.2 Å². The van der Waals surface area contributed by atoms with Gasteiger partial charge in [-0.3, -0.25) is 0 Å². The van der Waals surface area contributed by atoms with E-state index in [1.165, 1.54) is 25.7 Å². The molecule has 1 aliphatic carbocycles. The molecule has 20 heavy (non-hydrogen) atoms. The number of benzene rings is 1. The van der Waals surface area contributed by atoms with Crippen LogP contribution in [0.1, 0.15) is 45.1 Å². The molecule has 0 saturated heterocycles. The maximum Gasteiger partial charge on any atom is 0.126 e. The Hall–Kier alpha value is -0.410. The van der Waals surface area contributed by atoms with E-state index in [-0.39, 0.29) is 5.82 Å². The summed E-state index contributed by atoms with van der Waals surface area (Å²) in [6, 6.07) is 5.59. The second-order valence-electron chi connectivity index (χ2n) is 6.84. The summed E-state index contributed by atoms with van der Waals surface area (Å²) in [4.78, 5) is 0. The molecular weight excluding hydrogens is 317 g/mol. The Balaban J connectivity index is 2.04. The minimum atomic E-state index is -0.0930. The van der Waals surface area contributed by atoms with E-state index in [0.29, 0.717) is 17.4 Å². The highest BCUT2D eigenvalue weighted by Crippen LogP contribution is 2.39. The predicted octanol–water partition coefficient (Wildman–Crippen LogP) is 4.94. The molecule has 0 bridgehead atoms. The van der Waals surface area contributed by atoms with E-state index in [4.69, 9.17) is 0 Å². The standard InChI is InChI=1S/C17H25BrFN/c1-17(2)8-6-12(7-9-17)16(20-3)11-13-10-14(18)4-5-15(13)19/h4-5,10,12,16,20H,6-9,11H2,1-3H3. The molecule has 3 heteroatoms. The van der Waals surface area contributed by atoms with Gasteiger partial charge in [0, 0.05) is 10.5 Å². The Morgan fingerprint density at radius 3 is 2.60 bits per heavy atom. The van der Waals surface area contributed by atoms with Crippen molar-refractivity contribution in [3.8, 4) is 0 Å². The van der Waals surface area contributed by atoms with Crippen LogP contribution in [0.25, 0.3) is 0 Å². The van der Waals surface area contributed by atoms with Crippen molar-refractivity contribution < 1.29 is 4.39 Å². The second-order valence-corrected chi connectivity index (χ2v) is 7.75. The van der Waals surface area contributed by atoms with E-state index in [0.717, 1.165) is 16.5 Å². The minimum absolute atomic E-state index is 0.0930. The Labute approximate surface area is 130 Å². The Bertz CT molecular complexity index is 448. The summed E-state index contributed by atoms with van der Waals surface area (Å²) in [6.45, 7) is 4.71. The molecule has 0 heterocycles. The van der Waals surface area contributed by atoms with Gasteiger partial charge in [-0.1, -0.05) is 29.8 Å². The zero-order chi connectivity index (χ0) is 14.8. The van der Waals surface area contributed by atoms with Crippen LogP contribution in [0.5, 0.6) is 0 Å². The van der Waals surface area contributed by atoms with Gasteiger partial charge in [-0.25, -0.2) is 4.39 Å². The SMILES string of the molecule is CNC(Cc1cc(Br)ccc1F)C1CCC(C)(C)CC1. The molecular formula is C17H25BrFN. The Morgan fingerprint density at radius 2 is 2.00 bits per heavy atom. The number of hydrogen-bond donors (Lipinski definition) is 1. The summed E-state index contributed by atoms with van der Waals surface area (Å²) >= 11 is 3.43. The summed E-state index contributed by atoms with van der Waals surface area (Å²) in [7, 11) is 2.00. The molecule has 1 fully saturated rings. The van der Waals surface area contributed by atoms with Crippen molar-refractivity contribution in [3.05, 3.63) is 34.1 Å². The van der Waals surface area contributed by atoms with Crippen molar-refractivity contribution in [3.63, 3.8) is 0 Å². The largest absolute Gasteiger partial charge is 0.316 e. The summed E-state index contributed by atoms with van der Waals surface area (Å²) < 4.78 is 14.9. The average molecular weight is 342 g/mol. The van der Waals surface area contributed by atoms with E-state index >= 15 is 0 Å². The fourth-order valence-corrected chi connectivity index (χ4v) is 3.67. The van der Waals surface area contributed by atoms with Crippen LogP contribution < -0.4 is 5.32 Å². The molecule has 1 aromatic carbocycles. The molecule has 112 valence electrons. The summed E-state index contributed by atoms with van der Waals surface area (Å²) in [5.41, 5.74) is 1.29. The van der Waals surface area contributed by atoms with Crippen LogP contribution in [0.2, 0.25) is 0 Å². The molecule has 0 radical (unpaired) electrons. The van der Waals surface area contributed by atoms with Gasteiger partial charge in [0.1, 0.15) is 5.82 Å². The maximum absolute atomic E-state index is 13.9. The van der Waals surface area contributed by atoms with Gasteiger partial charge in [-0.2, -0.15) is 0 Å². The lowest BCUT2D eigenvalue weighted by Crippen LogP contribution is -2.39. The third-order valence-electron chi connectivity index (χ3n) is 4.77. The van der Waals surface area contributed by atoms with Gasteiger partial charge >= 0.3 is 0 Å². The molecule has 1 saturated carbocycles. The molecule has 0 amide bonds. The van der Waals surface area contributed by atoms with Gasteiger partial charge in [0.05, 0.1) is 0 Å². The number of rotatable bonds is 4. The lowest BCUT2D eigenvalue weighted by molar-refractivity contribution is 0.163. The molecule has 0 aliphatic heterocycles. The molecule has 1 aromatic rings. The molecule has 0 spiro atoms. The smallest absolute Gasteiger partial charge is 0.126 e. The van der Waals surface area contributed by atoms with Gasteiger partial charge in [0.25, 0.3) is 0 Å². The molecule has 1 nitrogen and oxygen atoms in total. The molecule has 1 N–H and O–H groups in total. The summed E-state index contributed by atoms with van der Waals surface area (Å²) in [5.74, 6) is 0.566. The summed E-state index contributed by atoms with van der Waals surface area (Å²) in [6.07, 6.45) is 5.81. The topological polar surface area (TPSA) is 12.0 Å². The Morgan fingerprint density at radius 1 is 1.35 bits per heavy atom. The fourth-order valence-electron chi connectivity index (χ4n) is 3.27. The molecule has 0 aromatic heterocycles. The predicted molar refractivity (Wildman–Crippen MR) is 86.4 cm³/mol. The maximum atomic E-state index is 13.9. The number of likely N-dealkylation sites (N-methyl/N-ethyl adjacent to an activating group) is 1. The zero-order valence-electron chi connectivity index (χ0n) is 12.7. The van der Waals surface area contributed by atoms with E-state index < -0.39 is 0 Å². The fraction of sp³-hybridized carbons (Fsp3) is 0.647.